The number of amides is 3. The molecule has 0 N–H and O–H groups in total. The number of benzene rings is 1. The van der Waals surface area contributed by atoms with Crippen LogP contribution in [0.4, 0.5) is 0 Å². The van der Waals surface area contributed by atoms with Crippen LogP contribution in [0.2, 0.25) is 0 Å². The summed E-state index contributed by atoms with van der Waals surface area (Å²) in [5, 5.41) is 0. The summed E-state index contributed by atoms with van der Waals surface area (Å²) in [6.45, 7) is 9.37. The molecule has 1 atom stereocenters. The third-order valence-electron chi connectivity index (χ3n) is 5.88. The van der Waals surface area contributed by atoms with Crippen molar-refractivity contribution in [3.8, 4) is 5.75 Å². The molecule has 0 aromatic heterocycles. The highest BCUT2D eigenvalue weighted by molar-refractivity contribution is 5.89. The van der Waals surface area contributed by atoms with E-state index in [1.54, 1.807) is 4.90 Å². The van der Waals surface area contributed by atoms with Crippen LogP contribution in [-0.2, 0) is 20.8 Å². The minimum absolute atomic E-state index is 0.0484. The van der Waals surface area contributed by atoms with E-state index in [-0.39, 0.29) is 29.7 Å². The molecule has 0 aliphatic carbocycles. The molecule has 3 rings (SSSR count). The summed E-state index contributed by atoms with van der Waals surface area (Å²) in [7, 11) is 0. The molecule has 0 radical (unpaired) electrons. The van der Waals surface area contributed by atoms with Crippen molar-refractivity contribution in [1.82, 2.24) is 14.7 Å². The van der Waals surface area contributed by atoms with Gasteiger partial charge in [-0.3, -0.25) is 14.4 Å². The van der Waals surface area contributed by atoms with Gasteiger partial charge in [-0.1, -0.05) is 12.1 Å². The summed E-state index contributed by atoms with van der Waals surface area (Å²) >= 11 is 0. The molecule has 1 aromatic rings. The fourth-order valence-corrected chi connectivity index (χ4v) is 4.20. The van der Waals surface area contributed by atoms with E-state index in [4.69, 9.17) is 4.74 Å². The zero-order valence-electron chi connectivity index (χ0n) is 18.3. The molecule has 2 aliphatic heterocycles. The normalized spacial score (nSPS) is 19.9. The first-order valence-corrected chi connectivity index (χ1v) is 11.0. The number of nitrogens with zero attached hydrogens (tertiary/aromatic N) is 3. The van der Waals surface area contributed by atoms with Gasteiger partial charge in [0.25, 0.3) is 0 Å². The van der Waals surface area contributed by atoms with Crippen molar-refractivity contribution in [1.29, 1.82) is 0 Å². The Balaban J connectivity index is 1.52. The van der Waals surface area contributed by atoms with Gasteiger partial charge < -0.3 is 19.4 Å². The second-order valence-electron chi connectivity index (χ2n) is 8.35. The maximum absolute atomic E-state index is 13.0. The first-order valence-electron chi connectivity index (χ1n) is 11.0. The number of carbonyl (C=O) groups is 3. The third-order valence-corrected chi connectivity index (χ3v) is 5.88. The molecule has 1 aromatic carbocycles. The molecule has 0 spiro atoms. The molecule has 0 bridgehead atoms. The fourth-order valence-electron chi connectivity index (χ4n) is 4.20. The minimum atomic E-state index is -0.258. The van der Waals surface area contributed by atoms with Crippen molar-refractivity contribution in [3.63, 3.8) is 0 Å². The van der Waals surface area contributed by atoms with Crippen LogP contribution in [0.15, 0.2) is 24.3 Å². The monoisotopic (exact) mass is 415 g/mol. The lowest BCUT2D eigenvalue weighted by Crippen LogP contribution is -2.41. The summed E-state index contributed by atoms with van der Waals surface area (Å²) in [5.74, 6) is 0.734. The van der Waals surface area contributed by atoms with Crippen LogP contribution in [0.1, 0.15) is 39.2 Å². The molecule has 30 heavy (non-hydrogen) atoms. The number of hydrogen-bond donors (Lipinski definition) is 0. The van der Waals surface area contributed by atoms with E-state index in [2.05, 4.69) is 0 Å². The summed E-state index contributed by atoms with van der Waals surface area (Å²) in [6.07, 6.45) is 1.41. The summed E-state index contributed by atoms with van der Waals surface area (Å²) < 4.78 is 5.44. The topological polar surface area (TPSA) is 70.2 Å². The lowest BCUT2D eigenvalue weighted by molar-refractivity contribution is -0.136. The number of carbonyl (C=O) groups excluding carboxylic acids is 3. The standard InChI is InChI=1S/C23H33N3O4/c1-4-30-20-8-6-18(7-9-20)14-21(27)24-10-5-11-25(13-12-24)23(29)19-15-22(28)26(16-19)17(2)3/h6-9,17,19H,4-5,10-16H2,1-3H3. The SMILES string of the molecule is CCOc1ccc(CC(=O)N2CCCN(C(=O)C3CC(=O)N(C(C)C)C3)CC2)cc1. The van der Waals surface area contributed by atoms with Crippen LogP contribution in [0.5, 0.6) is 5.75 Å². The Morgan fingerprint density at radius 1 is 1.07 bits per heavy atom. The molecule has 0 saturated carbocycles. The van der Waals surface area contributed by atoms with Gasteiger partial charge in [-0.2, -0.15) is 0 Å². The number of rotatable bonds is 6. The maximum Gasteiger partial charge on any atom is 0.228 e. The smallest absolute Gasteiger partial charge is 0.228 e. The molecule has 7 nitrogen and oxygen atoms in total. The van der Waals surface area contributed by atoms with E-state index in [1.807, 2.05) is 54.8 Å². The highest BCUT2D eigenvalue weighted by atomic mass is 16.5. The van der Waals surface area contributed by atoms with Crippen LogP contribution in [0.25, 0.3) is 0 Å². The Morgan fingerprint density at radius 2 is 1.73 bits per heavy atom. The Hall–Kier alpha value is -2.57. The van der Waals surface area contributed by atoms with Gasteiger partial charge in [0.15, 0.2) is 0 Å². The molecule has 7 heteroatoms. The highest BCUT2D eigenvalue weighted by Crippen LogP contribution is 2.23. The predicted molar refractivity (Wildman–Crippen MR) is 114 cm³/mol. The summed E-state index contributed by atoms with van der Waals surface area (Å²) in [4.78, 5) is 43.3. The zero-order chi connectivity index (χ0) is 21.7. The summed E-state index contributed by atoms with van der Waals surface area (Å²) in [6, 6.07) is 7.74. The second kappa shape index (κ2) is 9.96. The average Bonchev–Trinajstić information content (AvgIpc) is 2.95. The minimum Gasteiger partial charge on any atom is -0.494 e. The fraction of sp³-hybridized carbons (Fsp3) is 0.609. The van der Waals surface area contributed by atoms with Gasteiger partial charge in [0.1, 0.15) is 5.75 Å². The quantitative estimate of drug-likeness (QED) is 0.712. The van der Waals surface area contributed by atoms with Crippen molar-refractivity contribution in [2.45, 2.75) is 46.1 Å². The number of likely N-dealkylation sites (tertiary alicyclic amines) is 1. The van der Waals surface area contributed by atoms with E-state index in [1.165, 1.54) is 0 Å². The number of ether oxygens (including phenoxy) is 1. The van der Waals surface area contributed by atoms with Crippen molar-refractivity contribution >= 4 is 17.7 Å². The average molecular weight is 416 g/mol. The zero-order valence-corrected chi connectivity index (χ0v) is 18.3. The van der Waals surface area contributed by atoms with Crippen LogP contribution in [-0.4, -0.2) is 77.8 Å². The second-order valence-corrected chi connectivity index (χ2v) is 8.35. The Morgan fingerprint density at radius 3 is 2.37 bits per heavy atom. The molecule has 2 saturated heterocycles. The van der Waals surface area contributed by atoms with Gasteiger partial charge in [0, 0.05) is 45.2 Å². The number of hydrogen-bond acceptors (Lipinski definition) is 4. The van der Waals surface area contributed by atoms with Crippen molar-refractivity contribution in [2.24, 2.45) is 5.92 Å². The van der Waals surface area contributed by atoms with Gasteiger partial charge in [-0.25, -0.2) is 0 Å². The molecular formula is C23H33N3O4. The van der Waals surface area contributed by atoms with Crippen LogP contribution in [0.3, 0.4) is 0 Å². The highest BCUT2D eigenvalue weighted by Gasteiger charge is 2.37. The maximum atomic E-state index is 13.0. The van der Waals surface area contributed by atoms with Gasteiger partial charge >= 0.3 is 0 Å². The van der Waals surface area contributed by atoms with Crippen molar-refractivity contribution in [3.05, 3.63) is 29.8 Å². The lowest BCUT2D eigenvalue weighted by Gasteiger charge is -2.25. The van der Waals surface area contributed by atoms with Crippen LogP contribution < -0.4 is 4.74 Å². The van der Waals surface area contributed by atoms with Gasteiger partial charge in [0.2, 0.25) is 17.7 Å². The molecule has 2 fully saturated rings. The molecule has 2 heterocycles. The molecule has 164 valence electrons. The largest absolute Gasteiger partial charge is 0.494 e. The van der Waals surface area contributed by atoms with Crippen molar-refractivity contribution in [2.75, 3.05) is 39.3 Å². The summed E-state index contributed by atoms with van der Waals surface area (Å²) in [5.41, 5.74) is 0.957. The van der Waals surface area contributed by atoms with Gasteiger partial charge in [-0.05, 0) is 44.9 Å². The third kappa shape index (κ3) is 5.32. The van der Waals surface area contributed by atoms with E-state index in [0.29, 0.717) is 52.2 Å². The first kappa shape index (κ1) is 22.1. The molecular weight excluding hydrogens is 382 g/mol. The first-order chi connectivity index (χ1) is 14.4. The Bertz CT molecular complexity index is 762. The van der Waals surface area contributed by atoms with E-state index in [0.717, 1.165) is 17.7 Å². The molecule has 2 aliphatic rings. The Labute approximate surface area is 179 Å². The van der Waals surface area contributed by atoms with Crippen molar-refractivity contribution < 1.29 is 19.1 Å². The van der Waals surface area contributed by atoms with E-state index in [9.17, 15) is 14.4 Å². The lowest BCUT2D eigenvalue weighted by atomic mass is 10.1. The van der Waals surface area contributed by atoms with Gasteiger partial charge in [0.05, 0.1) is 18.9 Å². The predicted octanol–water partition coefficient (Wildman–Crippen LogP) is 1.95. The molecule has 1 unspecified atom stereocenters. The van der Waals surface area contributed by atoms with Crippen LogP contribution in [0, 0.1) is 5.92 Å². The van der Waals surface area contributed by atoms with Crippen LogP contribution >= 0.6 is 0 Å². The van der Waals surface area contributed by atoms with E-state index >= 15 is 0 Å². The molecule has 3 amide bonds. The Kier molecular flexibility index (Phi) is 7.34. The van der Waals surface area contributed by atoms with Gasteiger partial charge in [-0.15, -0.1) is 0 Å². The van der Waals surface area contributed by atoms with E-state index < -0.39 is 0 Å².